The molecule has 0 aliphatic carbocycles. The van der Waals surface area contributed by atoms with Gasteiger partial charge in [-0.25, -0.2) is 4.98 Å². The van der Waals surface area contributed by atoms with Gasteiger partial charge in [0.15, 0.2) is 0 Å². The molecule has 0 unspecified atom stereocenters. The van der Waals surface area contributed by atoms with Gasteiger partial charge in [-0.1, -0.05) is 6.07 Å². The molecule has 1 N–H and O–H groups in total. The predicted octanol–water partition coefficient (Wildman–Crippen LogP) is 2.36. The van der Waals surface area contributed by atoms with Gasteiger partial charge in [-0.3, -0.25) is 4.79 Å². The molecule has 112 valence electrons. The van der Waals surface area contributed by atoms with Crippen LogP contribution in [0.4, 0.5) is 5.69 Å². The monoisotopic (exact) mass is 321 g/mol. The lowest BCUT2D eigenvalue weighted by Gasteiger charge is -2.21. The van der Waals surface area contributed by atoms with E-state index in [2.05, 4.69) is 22.1 Å². The van der Waals surface area contributed by atoms with Gasteiger partial charge in [-0.05, 0) is 23.6 Å². The Kier molecular flexibility index (Phi) is 3.80. The van der Waals surface area contributed by atoms with Crippen LogP contribution < -0.4 is 10.5 Å². The average molecular weight is 321 g/mol. The SMILES string of the molecule is CN(Cc1nc2ccsc2c(=O)[nH]1)c1c(C#N)cccc1C#N. The molecule has 0 atom stereocenters. The molecule has 3 rings (SSSR count). The van der Waals surface area contributed by atoms with Crippen LogP contribution in [0.5, 0.6) is 0 Å². The molecule has 0 amide bonds. The minimum absolute atomic E-state index is 0.178. The summed E-state index contributed by atoms with van der Waals surface area (Å²) in [6, 6.07) is 11.0. The van der Waals surface area contributed by atoms with Crippen LogP contribution >= 0.6 is 11.3 Å². The van der Waals surface area contributed by atoms with E-state index in [-0.39, 0.29) is 12.1 Å². The highest BCUT2D eigenvalue weighted by Gasteiger charge is 2.14. The summed E-state index contributed by atoms with van der Waals surface area (Å²) in [4.78, 5) is 20.9. The minimum Gasteiger partial charge on any atom is -0.365 e. The normalized spacial score (nSPS) is 10.2. The van der Waals surface area contributed by atoms with Crippen LogP contribution in [0.2, 0.25) is 0 Å². The molecule has 2 heterocycles. The van der Waals surface area contributed by atoms with Crippen LogP contribution in [-0.2, 0) is 6.54 Å². The molecule has 0 aliphatic rings. The smallest absolute Gasteiger partial charge is 0.268 e. The van der Waals surface area contributed by atoms with Crippen molar-refractivity contribution in [1.29, 1.82) is 10.5 Å². The fourth-order valence-corrected chi connectivity index (χ4v) is 3.16. The Balaban J connectivity index is 2.02. The molecule has 1 aromatic carbocycles. The number of anilines is 1. The number of nitrogens with one attached hydrogen (secondary N) is 1. The van der Waals surface area contributed by atoms with Gasteiger partial charge >= 0.3 is 0 Å². The average Bonchev–Trinajstić information content (AvgIpc) is 3.02. The zero-order chi connectivity index (χ0) is 16.4. The Morgan fingerprint density at radius 2 is 1.96 bits per heavy atom. The molecule has 7 heteroatoms. The zero-order valence-corrected chi connectivity index (χ0v) is 13.0. The lowest BCUT2D eigenvalue weighted by atomic mass is 10.1. The highest BCUT2D eigenvalue weighted by Crippen LogP contribution is 2.25. The number of benzene rings is 1. The van der Waals surface area contributed by atoms with E-state index < -0.39 is 0 Å². The van der Waals surface area contributed by atoms with E-state index in [0.717, 1.165) is 0 Å². The Labute approximate surface area is 135 Å². The quantitative estimate of drug-likeness (QED) is 0.799. The molecular formula is C16H11N5OS. The largest absolute Gasteiger partial charge is 0.365 e. The summed E-state index contributed by atoms with van der Waals surface area (Å²) in [5.74, 6) is 0.486. The maximum absolute atomic E-state index is 12.0. The third-order valence-corrected chi connectivity index (χ3v) is 4.31. The van der Waals surface area contributed by atoms with Crippen molar-refractivity contribution in [3.8, 4) is 12.1 Å². The summed E-state index contributed by atoms with van der Waals surface area (Å²) < 4.78 is 0.589. The fraction of sp³-hybridized carbons (Fsp3) is 0.125. The van der Waals surface area contributed by atoms with Crippen molar-refractivity contribution in [2.24, 2.45) is 0 Å². The minimum atomic E-state index is -0.178. The number of thiophene rings is 1. The molecule has 0 fully saturated rings. The Bertz CT molecular complexity index is 989. The van der Waals surface area contributed by atoms with Crippen LogP contribution in [0.3, 0.4) is 0 Å². The first-order chi connectivity index (χ1) is 11.1. The zero-order valence-electron chi connectivity index (χ0n) is 12.2. The van der Waals surface area contributed by atoms with Crippen LogP contribution in [0.25, 0.3) is 10.2 Å². The van der Waals surface area contributed by atoms with Crippen molar-refractivity contribution < 1.29 is 0 Å². The molecule has 23 heavy (non-hydrogen) atoms. The highest BCUT2D eigenvalue weighted by atomic mass is 32.1. The highest BCUT2D eigenvalue weighted by molar-refractivity contribution is 7.17. The van der Waals surface area contributed by atoms with E-state index in [4.69, 9.17) is 0 Å². The molecule has 0 spiro atoms. The summed E-state index contributed by atoms with van der Waals surface area (Å²) in [7, 11) is 1.76. The summed E-state index contributed by atoms with van der Waals surface area (Å²) in [5, 5.41) is 20.3. The third kappa shape index (κ3) is 2.66. The number of H-pyrrole nitrogens is 1. The Morgan fingerprint density at radius 3 is 2.61 bits per heavy atom. The molecule has 0 bridgehead atoms. The topological polar surface area (TPSA) is 96.6 Å². The van der Waals surface area contributed by atoms with Crippen molar-refractivity contribution in [3.63, 3.8) is 0 Å². The molecule has 6 nitrogen and oxygen atoms in total. The Morgan fingerprint density at radius 1 is 1.26 bits per heavy atom. The molecule has 3 aromatic rings. The number of aromatic amines is 1. The lowest BCUT2D eigenvalue weighted by molar-refractivity contribution is 0.839. The molecule has 0 saturated heterocycles. The van der Waals surface area contributed by atoms with Crippen molar-refractivity contribution in [1.82, 2.24) is 9.97 Å². The number of nitriles is 2. The number of nitrogens with zero attached hydrogens (tertiary/aromatic N) is 4. The first-order valence-electron chi connectivity index (χ1n) is 6.75. The van der Waals surface area contributed by atoms with Crippen LogP contribution in [0.1, 0.15) is 17.0 Å². The van der Waals surface area contributed by atoms with Crippen molar-refractivity contribution in [2.45, 2.75) is 6.54 Å². The van der Waals surface area contributed by atoms with E-state index in [1.807, 2.05) is 5.38 Å². The summed E-state index contributed by atoms with van der Waals surface area (Å²) in [6.07, 6.45) is 0. The lowest BCUT2D eigenvalue weighted by Crippen LogP contribution is -2.22. The summed E-state index contributed by atoms with van der Waals surface area (Å²) >= 11 is 1.34. The number of fused-ring (bicyclic) bond motifs is 1. The first-order valence-corrected chi connectivity index (χ1v) is 7.62. The predicted molar refractivity (Wildman–Crippen MR) is 88.2 cm³/mol. The van der Waals surface area contributed by atoms with Gasteiger partial charge in [0, 0.05) is 7.05 Å². The van der Waals surface area contributed by atoms with Crippen molar-refractivity contribution >= 4 is 27.2 Å². The van der Waals surface area contributed by atoms with E-state index in [1.54, 1.807) is 36.2 Å². The maximum atomic E-state index is 12.0. The van der Waals surface area contributed by atoms with E-state index in [9.17, 15) is 15.3 Å². The number of para-hydroxylation sites is 1. The van der Waals surface area contributed by atoms with Crippen molar-refractivity contribution in [3.05, 3.63) is 57.0 Å². The molecule has 0 radical (unpaired) electrons. The second-order valence-corrected chi connectivity index (χ2v) is 5.85. The summed E-state index contributed by atoms with van der Waals surface area (Å²) in [6.45, 7) is 0.286. The molecular weight excluding hydrogens is 310 g/mol. The van der Waals surface area contributed by atoms with Crippen LogP contribution in [-0.4, -0.2) is 17.0 Å². The molecule has 0 aliphatic heterocycles. The van der Waals surface area contributed by atoms with Gasteiger partial charge in [0.2, 0.25) is 0 Å². The third-order valence-electron chi connectivity index (χ3n) is 3.41. The standard InChI is InChI=1S/C16H11N5OS/c1-21(14-10(7-17)3-2-4-11(14)8-18)9-13-19-12-5-6-23-15(12)16(22)20-13/h2-6H,9H2,1H3,(H,19,20,22). The maximum Gasteiger partial charge on any atom is 0.268 e. The van der Waals surface area contributed by atoms with E-state index in [1.165, 1.54) is 11.3 Å². The van der Waals surface area contributed by atoms with Gasteiger partial charge in [0.1, 0.15) is 22.7 Å². The van der Waals surface area contributed by atoms with E-state index in [0.29, 0.717) is 32.9 Å². The van der Waals surface area contributed by atoms with Gasteiger partial charge in [0.05, 0.1) is 28.9 Å². The molecule has 2 aromatic heterocycles. The fourth-order valence-electron chi connectivity index (χ4n) is 2.44. The first kappa shape index (κ1) is 14.8. The number of rotatable bonds is 3. The number of aromatic nitrogens is 2. The van der Waals surface area contributed by atoms with Crippen molar-refractivity contribution in [2.75, 3.05) is 11.9 Å². The second-order valence-electron chi connectivity index (χ2n) is 4.93. The van der Waals surface area contributed by atoms with Gasteiger partial charge in [-0.15, -0.1) is 11.3 Å². The van der Waals surface area contributed by atoms with E-state index >= 15 is 0 Å². The number of hydrogen-bond donors (Lipinski definition) is 1. The number of hydrogen-bond acceptors (Lipinski definition) is 6. The second kappa shape index (κ2) is 5.91. The van der Waals surface area contributed by atoms with Gasteiger partial charge in [-0.2, -0.15) is 10.5 Å². The van der Waals surface area contributed by atoms with Gasteiger partial charge in [0.25, 0.3) is 5.56 Å². The summed E-state index contributed by atoms with van der Waals surface area (Å²) in [5.41, 5.74) is 1.82. The van der Waals surface area contributed by atoms with Crippen LogP contribution in [0, 0.1) is 22.7 Å². The van der Waals surface area contributed by atoms with Gasteiger partial charge < -0.3 is 9.88 Å². The molecule has 0 saturated carbocycles. The van der Waals surface area contributed by atoms with Crippen LogP contribution in [0.15, 0.2) is 34.4 Å². The Hall–Kier alpha value is -3.16.